The molecule has 3 rings (SSSR count). The maximum Gasteiger partial charge on any atom is 0.248 e. The van der Waals surface area contributed by atoms with Crippen molar-refractivity contribution in [2.45, 2.75) is 38.8 Å². The maximum absolute atomic E-state index is 11.5. The molecule has 0 atom stereocenters. The first-order valence-electron chi connectivity index (χ1n) is 8.01. The maximum atomic E-state index is 11.5. The van der Waals surface area contributed by atoms with Gasteiger partial charge >= 0.3 is 0 Å². The number of carbonyl (C=O) groups excluding carboxylic acids is 1. The van der Waals surface area contributed by atoms with E-state index >= 15 is 0 Å². The molecule has 2 aromatic heterocycles. The van der Waals surface area contributed by atoms with Crippen LogP contribution in [0.2, 0.25) is 0 Å². The van der Waals surface area contributed by atoms with Crippen LogP contribution in [0.25, 0.3) is 0 Å². The molecule has 0 unspecified atom stereocenters. The van der Waals surface area contributed by atoms with Gasteiger partial charge in [-0.2, -0.15) is 5.10 Å². The lowest BCUT2D eigenvalue weighted by molar-refractivity contribution is -0.135. The molecule has 0 saturated carbocycles. The molecule has 8 nitrogen and oxygen atoms in total. The zero-order valence-corrected chi connectivity index (χ0v) is 13.3. The van der Waals surface area contributed by atoms with Crippen LogP contribution in [0.5, 0.6) is 0 Å². The predicted molar refractivity (Wildman–Crippen MR) is 82.7 cm³/mol. The van der Waals surface area contributed by atoms with Crippen molar-refractivity contribution in [3.63, 3.8) is 0 Å². The van der Waals surface area contributed by atoms with E-state index in [1.165, 1.54) is 0 Å². The topological polar surface area (TPSA) is 89.1 Å². The molecule has 1 amide bonds. The minimum atomic E-state index is -0.413. The van der Waals surface area contributed by atoms with Gasteiger partial charge in [0.25, 0.3) is 0 Å². The van der Waals surface area contributed by atoms with Crippen molar-refractivity contribution < 1.29 is 9.90 Å². The number of nitrogens with zero attached hydrogens (tertiary/aromatic N) is 6. The summed E-state index contributed by atoms with van der Waals surface area (Å²) in [5.74, 6) is 2.00. The summed E-state index contributed by atoms with van der Waals surface area (Å²) >= 11 is 0. The minimum absolute atomic E-state index is 0.195. The van der Waals surface area contributed by atoms with Gasteiger partial charge in [0.15, 0.2) is 5.82 Å². The second-order valence-corrected chi connectivity index (χ2v) is 5.74. The molecule has 2 aromatic rings. The lowest BCUT2D eigenvalue weighted by Gasteiger charge is -2.31. The predicted octanol–water partition coefficient (Wildman–Crippen LogP) is 0.241. The van der Waals surface area contributed by atoms with Crippen LogP contribution in [0.3, 0.4) is 0 Å². The number of hydrogen-bond donors (Lipinski definition) is 1. The number of aliphatic hydroxyl groups is 1. The molecule has 1 fully saturated rings. The summed E-state index contributed by atoms with van der Waals surface area (Å²) < 4.78 is 3.98. The van der Waals surface area contributed by atoms with E-state index in [0.717, 1.165) is 31.0 Å². The molecule has 1 N–H and O–H groups in total. The molecule has 1 saturated heterocycles. The van der Waals surface area contributed by atoms with Crippen LogP contribution in [0, 0.1) is 0 Å². The molecule has 124 valence electrons. The Labute approximate surface area is 134 Å². The summed E-state index contributed by atoms with van der Waals surface area (Å²) in [6, 6.07) is 1.89. The second-order valence-electron chi connectivity index (χ2n) is 5.74. The van der Waals surface area contributed by atoms with E-state index in [2.05, 4.69) is 26.8 Å². The first-order valence-corrected chi connectivity index (χ1v) is 8.01. The Balaban J connectivity index is 1.71. The molecule has 0 radical (unpaired) electrons. The van der Waals surface area contributed by atoms with Crippen molar-refractivity contribution >= 4 is 5.91 Å². The fourth-order valence-electron chi connectivity index (χ4n) is 3.14. The highest BCUT2D eigenvalue weighted by Crippen LogP contribution is 2.27. The summed E-state index contributed by atoms with van der Waals surface area (Å²) in [7, 11) is 0. The van der Waals surface area contributed by atoms with E-state index in [9.17, 15) is 4.79 Å². The molecule has 0 bridgehead atoms. The lowest BCUT2D eigenvalue weighted by atomic mass is 9.96. The Hall–Kier alpha value is -2.22. The van der Waals surface area contributed by atoms with E-state index in [1.807, 2.05) is 16.9 Å². The Morgan fingerprint density at radius 2 is 2.13 bits per heavy atom. The monoisotopic (exact) mass is 318 g/mol. The van der Waals surface area contributed by atoms with Crippen molar-refractivity contribution in [2.24, 2.45) is 0 Å². The van der Waals surface area contributed by atoms with Gasteiger partial charge in [-0.1, -0.05) is 0 Å². The van der Waals surface area contributed by atoms with Gasteiger partial charge in [-0.05, 0) is 25.8 Å². The Morgan fingerprint density at radius 3 is 2.74 bits per heavy atom. The highest BCUT2D eigenvalue weighted by atomic mass is 16.3. The van der Waals surface area contributed by atoms with Crippen molar-refractivity contribution in [2.75, 3.05) is 19.7 Å². The van der Waals surface area contributed by atoms with Crippen molar-refractivity contribution in [3.05, 3.63) is 30.1 Å². The first-order chi connectivity index (χ1) is 11.2. The van der Waals surface area contributed by atoms with Gasteiger partial charge in [0, 0.05) is 37.9 Å². The summed E-state index contributed by atoms with van der Waals surface area (Å²) in [5.41, 5.74) is 0. The van der Waals surface area contributed by atoms with Gasteiger partial charge in [0.2, 0.25) is 5.91 Å². The number of piperidine rings is 1. The van der Waals surface area contributed by atoms with Crippen molar-refractivity contribution in [1.82, 2.24) is 29.4 Å². The number of likely N-dealkylation sites (tertiary alicyclic amines) is 1. The number of aromatic nitrogens is 5. The Kier molecular flexibility index (Phi) is 4.71. The van der Waals surface area contributed by atoms with Gasteiger partial charge in [-0.3, -0.25) is 9.48 Å². The van der Waals surface area contributed by atoms with Crippen LogP contribution >= 0.6 is 0 Å². The Morgan fingerprint density at radius 1 is 1.35 bits per heavy atom. The van der Waals surface area contributed by atoms with E-state index in [1.54, 1.807) is 11.1 Å². The number of hydrogen-bond acceptors (Lipinski definition) is 5. The molecular formula is C15H22N6O2. The van der Waals surface area contributed by atoms with E-state index in [-0.39, 0.29) is 5.91 Å². The van der Waals surface area contributed by atoms with Crippen LogP contribution in [-0.4, -0.2) is 60.2 Å². The summed E-state index contributed by atoms with van der Waals surface area (Å²) in [4.78, 5) is 13.3. The molecule has 0 spiro atoms. The van der Waals surface area contributed by atoms with Crippen molar-refractivity contribution in [3.8, 4) is 0 Å². The van der Waals surface area contributed by atoms with Crippen LogP contribution in [0.4, 0.5) is 0 Å². The standard InChI is InChI=1S/C15H22N6O2/c1-2-21-13(10-20-7-3-6-16-20)17-18-15(21)12-4-8-19(9-5-12)14(23)11-22/h3,6-7,12,22H,2,4-5,8-11H2,1H3. The molecule has 1 aliphatic rings. The third-order valence-corrected chi connectivity index (χ3v) is 4.38. The fourth-order valence-corrected chi connectivity index (χ4v) is 3.14. The molecule has 1 aliphatic heterocycles. The van der Waals surface area contributed by atoms with Gasteiger partial charge in [-0.15, -0.1) is 10.2 Å². The molecule has 3 heterocycles. The van der Waals surface area contributed by atoms with Crippen LogP contribution < -0.4 is 0 Å². The third-order valence-electron chi connectivity index (χ3n) is 4.38. The second kappa shape index (κ2) is 6.91. The SMILES string of the molecule is CCn1c(Cn2cccn2)nnc1C1CCN(C(=O)CO)CC1. The smallest absolute Gasteiger partial charge is 0.248 e. The fraction of sp³-hybridized carbons (Fsp3) is 0.600. The number of aliphatic hydroxyl groups excluding tert-OH is 1. The van der Waals surface area contributed by atoms with Gasteiger partial charge < -0.3 is 14.6 Å². The van der Waals surface area contributed by atoms with Crippen LogP contribution in [-0.2, 0) is 17.9 Å². The average Bonchev–Trinajstić information content (AvgIpc) is 3.24. The zero-order chi connectivity index (χ0) is 16.2. The van der Waals surface area contributed by atoms with Crippen LogP contribution in [0.15, 0.2) is 18.5 Å². The van der Waals surface area contributed by atoms with Gasteiger partial charge in [0.05, 0.1) is 0 Å². The molecule has 8 heteroatoms. The highest BCUT2D eigenvalue weighted by Gasteiger charge is 2.27. The molecule has 0 aromatic carbocycles. The van der Waals surface area contributed by atoms with Crippen molar-refractivity contribution in [1.29, 1.82) is 0 Å². The molecular weight excluding hydrogens is 296 g/mol. The minimum Gasteiger partial charge on any atom is -0.387 e. The van der Waals surface area contributed by atoms with Gasteiger partial charge in [0.1, 0.15) is 19.0 Å². The zero-order valence-electron chi connectivity index (χ0n) is 13.3. The third kappa shape index (κ3) is 3.26. The molecule has 23 heavy (non-hydrogen) atoms. The Bertz CT molecular complexity index is 643. The highest BCUT2D eigenvalue weighted by molar-refractivity contribution is 5.77. The van der Waals surface area contributed by atoms with E-state index in [4.69, 9.17) is 5.11 Å². The summed E-state index contributed by atoms with van der Waals surface area (Å²) in [6.45, 7) is 4.42. The van der Waals surface area contributed by atoms with E-state index in [0.29, 0.717) is 25.6 Å². The first kappa shape index (κ1) is 15.7. The normalized spacial score (nSPS) is 16.0. The quantitative estimate of drug-likeness (QED) is 0.853. The van der Waals surface area contributed by atoms with E-state index < -0.39 is 6.61 Å². The number of rotatable bonds is 5. The average molecular weight is 318 g/mol. The summed E-state index contributed by atoms with van der Waals surface area (Å²) in [5, 5.41) is 21.9. The number of amides is 1. The van der Waals surface area contributed by atoms with Gasteiger partial charge in [-0.25, -0.2) is 0 Å². The largest absolute Gasteiger partial charge is 0.387 e. The number of carbonyl (C=O) groups is 1. The van der Waals surface area contributed by atoms with Crippen LogP contribution in [0.1, 0.15) is 37.3 Å². The molecule has 0 aliphatic carbocycles. The lowest BCUT2D eigenvalue weighted by Crippen LogP contribution is -2.39. The summed E-state index contributed by atoms with van der Waals surface area (Å²) in [6.07, 6.45) is 5.37.